The Balaban J connectivity index is 1.86. The van der Waals surface area contributed by atoms with E-state index in [4.69, 9.17) is 0 Å². The summed E-state index contributed by atoms with van der Waals surface area (Å²) >= 11 is 1.67. The molecule has 1 saturated heterocycles. The second kappa shape index (κ2) is 7.25. The Morgan fingerprint density at radius 1 is 1.00 bits per heavy atom. The van der Waals surface area contributed by atoms with E-state index in [1.165, 1.54) is 12.8 Å². The Morgan fingerprint density at radius 3 is 2.35 bits per heavy atom. The summed E-state index contributed by atoms with van der Waals surface area (Å²) in [5.41, 5.74) is 3.00. The molecule has 136 valence electrons. The number of piperidine rings is 1. The van der Waals surface area contributed by atoms with Crippen molar-refractivity contribution in [3.63, 3.8) is 0 Å². The molecule has 1 aromatic heterocycles. The highest BCUT2D eigenvalue weighted by molar-refractivity contribution is 7.13. The highest BCUT2D eigenvalue weighted by atomic mass is 32.1. The van der Waals surface area contributed by atoms with E-state index in [9.17, 15) is 4.79 Å². The molecule has 0 atom stereocenters. The van der Waals surface area contributed by atoms with E-state index in [1.807, 2.05) is 34.9 Å². The third kappa shape index (κ3) is 3.29. The number of para-hydroxylation sites is 3. The van der Waals surface area contributed by atoms with Crippen molar-refractivity contribution in [1.82, 2.24) is 13.4 Å². The van der Waals surface area contributed by atoms with Gasteiger partial charge in [-0.2, -0.15) is 0 Å². The smallest absolute Gasteiger partial charge is 0.245 e. The van der Waals surface area contributed by atoms with E-state index in [1.54, 1.807) is 11.5 Å². The average molecular weight is 368 g/mol. The van der Waals surface area contributed by atoms with Crippen LogP contribution in [0.4, 0.5) is 0 Å². The van der Waals surface area contributed by atoms with Gasteiger partial charge in [0.1, 0.15) is 0 Å². The lowest BCUT2D eigenvalue weighted by Crippen LogP contribution is -2.38. The number of carbonyl (C=O) groups is 1. The van der Waals surface area contributed by atoms with Gasteiger partial charge in [0.25, 0.3) is 0 Å². The Hall–Kier alpha value is -2.11. The monoisotopic (exact) mass is 367 g/mol. The summed E-state index contributed by atoms with van der Waals surface area (Å²) in [6.07, 6.45) is 2.36. The molecule has 3 aromatic rings. The number of benzene rings is 2. The third-order valence-electron chi connectivity index (χ3n) is 5.29. The lowest BCUT2D eigenvalue weighted by Gasteiger charge is -2.29. The van der Waals surface area contributed by atoms with Crippen molar-refractivity contribution in [2.75, 3.05) is 19.6 Å². The van der Waals surface area contributed by atoms with E-state index in [-0.39, 0.29) is 5.91 Å². The third-order valence-corrected chi connectivity index (χ3v) is 6.30. The van der Waals surface area contributed by atoms with Crippen molar-refractivity contribution in [1.29, 1.82) is 0 Å². The second-order valence-corrected chi connectivity index (χ2v) is 8.40. The Labute approximate surface area is 158 Å². The quantitative estimate of drug-likeness (QED) is 0.658. The van der Waals surface area contributed by atoms with Crippen LogP contribution in [0.25, 0.3) is 21.3 Å². The summed E-state index contributed by atoms with van der Waals surface area (Å²) in [6, 6.07) is 16.3. The molecule has 0 bridgehead atoms. The first-order valence-electron chi connectivity index (χ1n) is 9.28. The number of rotatable bonds is 2. The minimum absolute atomic E-state index is 0.148. The van der Waals surface area contributed by atoms with Crippen molar-refractivity contribution < 1.29 is 4.79 Å². The van der Waals surface area contributed by atoms with Gasteiger partial charge >= 0.3 is 0 Å². The topological polar surface area (TPSA) is 30.2 Å². The molecule has 0 spiro atoms. The first-order chi connectivity index (χ1) is 12.6. The van der Waals surface area contributed by atoms with Crippen molar-refractivity contribution in [2.24, 2.45) is 13.0 Å². The average Bonchev–Trinajstić information content (AvgIpc) is 2.77. The van der Waals surface area contributed by atoms with Crippen molar-refractivity contribution in [3.8, 4) is 0 Å². The SMILES string of the molecule is CC1CCN(CC(=O)n2c3ccccc3sn(C)c3ccccc32)CC1. The molecule has 5 heteroatoms. The van der Waals surface area contributed by atoms with Crippen LogP contribution in [0.2, 0.25) is 0 Å². The zero-order valence-electron chi connectivity index (χ0n) is 15.4. The van der Waals surface area contributed by atoms with E-state index >= 15 is 0 Å². The first kappa shape index (κ1) is 17.3. The van der Waals surface area contributed by atoms with Crippen LogP contribution in [0.5, 0.6) is 0 Å². The number of aryl methyl sites for hydroxylation is 1. The molecule has 0 amide bonds. The first-order valence-corrected chi connectivity index (χ1v) is 10.1. The van der Waals surface area contributed by atoms with Gasteiger partial charge in [0.2, 0.25) is 5.91 Å². The van der Waals surface area contributed by atoms with Crippen LogP contribution in [0, 0.1) is 5.92 Å². The van der Waals surface area contributed by atoms with Gasteiger partial charge in [0, 0.05) is 7.05 Å². The normalized spacial score (nSPS) is 16.2. The summed E-state index contributed by atoms with van der Waals surface area (Å²) in [6.45, 7) is 4.80. The van der Waals surface area contributed by atoms with Gasteiger partial charge in [-0.05, 0) is 56.1 Å². The van der Waals surface area contributed by atoms with Crippen molar-refractivity contribution in [3.05, 3.63) is 48.5 Å². The molecule has 0 radical (unpaired) electrons. The fourth-order valence-electron chi connectivity index (χ4n) is 3.72. The maximum absolute atomic E-state index is 13.4. The molecule has 0 N–H and O–H groups in total. The number of carbonyl (C=O) groups excluding carboxylic acids is 1. The fraction of sp³-hybridized carbons (Fsp3) is 0.381. The molecular weight excluding hydrogens is 342 g/mol. The summed E-state index contributed by atoms with van der Waals surface area (Å²) < 4.78 is 5.16. The summed E-state index contributed by atoms with van der Waals surface area (Å²) in [7, 11) is 2.06. The number of hydrogen-bond donors (Lipinski definition) is 0. The molecule has 1 fully saturated rings. The van der Waals surface area contributed by atoms with Gasteiger partial charge in [-0.1, -0.05) is 42.7 Å². The molecule has 4 rings (SSSR count). The minimum atomic E-state index is 0.148. The number of fused-ring (bicyclic) bond motifs is 2. The fourth-order valence-corrected chi connectivity index (χ4v) is 4.66. The molecule has 1 aliphatic heterocycles. The molecule has 1 aliphatic rings. The Bertz CT molecular complexity index is 987. The zero-order valence-corrected chi connectivity index (χ0v) is 16.2. The van der Waals surface area contributed by atoms with Crippen molar-refractivity contribution in [2.45, 2.75) is 19.8 Å². The number of nitrogens with zero attached hydrogens (tertiary/aromatic N) is 3. The van der Waals surface area contributed by atoms with Crippen LogP contribution in [-0.2, 0) is 7.05 Å². The summed E-state index contributed by atoms with van der Waals surface area (Å²) in [4.78, 5) is 15.7. The molecule has 4 nitrogen and oxygen atoms in total. The molecule has 2 aromatic carbocycles. The van der Waals surface area contributed by atoms with Gasteiger partial charge in [-0.25, -0.2) is 0 Å². The maximum atomic E-state index is 13.4. The van der Waals surface area contributed by atoms with Crippen LogP contribution in [0.3, 0.4) is 0 Å². The Kier molecular flexibility index (Phi) is 4.83. The van der Waals surface area contributed by atoms with Crippen LogP contribution >= 0.6 is 11.5 Å². The molecule has 26 heavy (non-hydrogen) atoms. The summed E-state index contributed by atoms with van der Waals surface area (Å²) in [5.74, 6) is 0.918. The highest BCUT2D eigenvalue weighted by Crippen LogP contribution is 2.24. The minimum Gasteiger partial charge on any atom is -0.298 e. The van der Waals surface area contributed by atoms with E-state index in [2.05, 4.69) is 41.0 Å². The predicted molar refractivity (Wildman–Crippen MR) is 109 cm³/mol. The molecular formula is C21H25N3OS. The van der Waals surface area contributed by atoms with E-state index in [0.29, 0.717) is 6.54 Å². The largest absolute Gasteiger partial charge is 0.298 e. The zero-order chi connectivity index (χ0) is 18.1. The van der Waals surface area contributed by atoms with Gasteiger partial charge in [0.05, 0.1) is 27.8 Å². The maximum Gasteiger partial charge on any atom is 0.245 e. The lowest BCUT2D eigenvalue weighted by molar-refractivity contribution is 0.0827. The standard InChI is InChI=1S/C21H25N3OS/c1-16-11-13-23(14-12-16)15-21(25)24-18-8-4-3-7-17(18)22(2)26-20-10-6-5-9-19(20)24/h3-10,16H,11-15H2,1-2H3. The van der Waals surface area contributed by atoms with Crippen LogP contribution in [0.1, 0.15) is 24.6 Å². The molecule has 2 heterocycles. The molecule has 0 unspecified atom stereocenters. The Morgan fingerprint density at radius 2 is 1.62 bits per heavy atom. The van der Waals surface area contributed by atoms with Crippen LogP contribution in [0.15, 0.2) is 48.5 Å². The number of likely N-dealkylation sites (tertiary alicyclic amines) is 1. The van der Waals surface area contributed by atoms with E-state index in [0.717, 1.165) is 40.3 Å². The summed E-state index contributed by atoms with van der Waals surface area (Å²) in [5, 5.41) is 0. The predicted octanol–water partition coefficient (Wildman–Crippen LogP) is 4.69. The second-order valence-electron chi connectivity index (χ2n) is 7.23. The van der Waals surface area contributed by atoms with Crippen LogP contribution < -0.4 is 0 Å². The van der Waals surface area contributed by atoms with Crippen molar-refractivity contribution >= 4 is 38.7 Å². The highest BCUT2D eigenvalue weighted by Gasteiger charge is 2.20. The molecule has 0 saturated carbocycles. The van der Waals surface area contributed by atoms with Gasteiger partial charge in [0.15, 0.2) is 0 Å². The van der Waals surface area contributed by atoms with Gasteiger partial charge in [-0.3, -0.25) is 18.2 Å². The van der Waals surface area contributed by atoms with Crippen LogP contribution in [-0.4, -0.2) is 39.0 Å². The number of aromatic nitrogens is 2. The number of hydrogen-bond acceptors (Lipinski definition) is 3. The van der Waals surface area contributed by atoms with E-state index < -0.39 is 0 Å². The molecule has 0 aliphatic carbocycles. The lowest BCUT2D eigenvalue weighted by atomic mass is 9.99. The van der Waals surface area contributed by atoms with Gasteiger partial charge in [-0.15, -0.1) is 0 Å². The van der Waals surface area contributed by atoms with Gasteiger partial charge < -0.3 is 0 Å².